The van der Waals surface area contributed by atoms with Gasteiger partial charge in [0.05, 0.1) is 0 Å². The minimum atomic E-state index is -1.38. The first-order chi connectivity index (χ1) is 13.0. The van der Waals surface area contributed by atoms with Gasteiger partial charge < -0.3 is 19.3 Å². The zero-order valence-corrected chi connectivity index (χ0v) is 16.6. The van der Waals surface area contributed by atoms with Gasteiger partial charge in [-0.05, 0) is 6.42 Å². The van der Waals surface area contributed by atoms with E-state index in [1.807, 2.05) is 0 Å². The van der Waals surface area contributed by atoms with E-state index in [1.165, 1.54) is 51.9 Å². The largest absolute Gasteiger partial charge is 0.463 e. The molecule has 7 nitrogen and oxygen atoms in total. The van der Waals surface area contributed by atoms with Gasteiger partial charge in [-0.3, -0.25) is 9.59 Å². The van der Waals surface area contributed by atoms with E-state index in [9.17, 15) is 19.5 Å². The predicted molar refractivity (Wildman–Crippen MR) is 99.1 cm³/mol. The molecular weight excluding hydrogens is 352 g/mol. The highest BCUT2D eigenvalue weighted by atomic mass is 16.6. The molecule has 0 aromatic heterocycles. The fourth-order valence-corrected chi connectivity index (χ4v) is 3.01. The monoisotopic (exact) mass is 386 g/mol. The Morgan fingerprint density at radius 3 is 2.15 bits per heavy atom. The van der Waals surface area contributed by atoms with E-state index >= 15 is 0 Å². The second-order valence-electron chi connectivity index (χ2n) is 7.06. The number of ether oxygens (including phenoxy) is 3. The lowest BCUT2D eigenvalue weighted by Gasteiger charge is -2.15. The molecule has 156 valence electrons. The van der Waals surface area contributed by atoms with Gasteiger partial charge in [0.25, 0.3) is 0 Å². The Bertz CT molecular complexity index is 463. The standard InChI is InChI=1S/C20H34O7/c1-3-4-5-6-7-8-9-10-11-12-13-25-19-17(23)18(27-20(19)24)16(22)14-26-15(2)21/h16,18-19,22H,3-14H2,1-2H3/t16-,18+,19?/m0/s1. The van der Waals surface area contributed by atoms with Crippen LogP contribution in [0.15, 0.2) is 0 Å². The van der Waals surface area contributed by atoms with Gasteiger partial charge >= 0.3 is 11.9 Å². The number of Topliss-reactive ketones (excluding diaryl/α,β-unsaturated/α-hetero) is 1. The minimum Gasteiger partial charge on any atom is -0.463 e. The van der Waals surface area contributed by atoms with E-state index in [1.54, 1.807) is 0 Å². The van der Waals surface area contributed by atoms with Gasteiger partial charge in [-0.2, -0.15) is 0 Å². The molecule has 0 spiro atoms. The fraction of sp³-hybridized carbons (Fsp3) is 0.850. The molecule has 0 radical (unpaired) electrons. The molecule has 1 heterocycles. The van der Waals surface area contributed by atoms with Crippen LogP contribution in [0.5, 0.6) is 0 Å². The molecule has 3 atom stereocenters. The van der Waals surface area contributed by atoms with Crippen molar-refractivity contribution >= 4 is 17.7 Å². The average molecular weight is 386 g/mol. The van der Waals surface area contributed by atoms with Crippen molar-refractivity contribution in [2.45, 2.75) is 96.4 Å². The molecule has 1 N–H and O–H groups in total. The van der Waals surface area contributed by atoms with Crippen LogP contribution in [0.3, 0.4) is 0 Å². The number of cyclic esters (lactones) is 1. The number of carbonyl (C=O) groups excluding carboxylic acids is 3. The number of aliphatic hydroxyl groups is 1. The van der Waals surface area contributed by atoms with Crippen molar-refractivity contribution in [3.8, 4) is 0 Å². The summed E-state index contributed by atoms with van der Waals surface area (Å²) in [5, 5.41) is 9.83. The summed E-state index contributed by atoms with van der Waals surface area (Å²) in [7, 11) is 0. The maximum atomic E-state index is 12.1. The third-order valence-electron chi connectivity index (χ3n) is 4.59. The third kappa shape index (κ3) is 9.33. The van der Waals surface area contributed by atoms with Crippen LogP contribution >= 0.6 is 0 Å². The zero-order chi connectivity index (χ0) is 20.1. The molecule has 27 heavy (non-hydrogen) atoms. The zero-order valence-electron chi connectivity index (χ0n) is 16.6. The maximum Gasteiger partial charge on any atom is 0.344 e. The topological polar surface area (TPSA) is 99.1 Å². The highest BCUT2D eigenvalue weighted by Gasteiger charge is 2.47. The molecule has 1 aliphatic rings. The quantitative estimate of drug-likeness (QED) is 0.262. The smallest absolute Gasteiger partial charge is 0.344 e. The number of ketones is 1. The second-order valence-corrected chi connectivity index (χ2v) is 7.06. The summed E-state index contributed by atoms with van der Waals surface area (Å²) in [5.74, 6) is -2.00. The SMILES string of the molecule is CCCCCCCCCCCCOC1C(=O)O[C@H]([C@@H](O)COC(C)=O)C1=O. The first-order valence-electron chi connectivity index (χ1n) is 10.1. The van der Waals surface area contributed by atoms with Crippen LogP contribution in [0.1, 0.15) is 78.1 Å². The Labute approximate surface area is 161 Å². The van der Waals surface area contributed by atoms with Crippen molar-refractivity contribution < 1.29 is 33.7 Å². The summed E-state index contributed by atoms with van der Waals surface area (Å²) < 4.78 is 14.9. The molecule has 1 rings (SSSR count). The van der Waals surface area contributed by atoms with Gasteiger partial charge in [0.1, 0.15) is 12.7 Å². The molecule has 7 heteroatoms. The minimum absolute atomic E-state index is 0.300. The molecule has 0 bridgehead atoms. The van der Waals surface area contributed by atoms with Crippen molar-refractivity contribution in [2.24, 2.45) is 0 Å². The first kappa shape index (κ1) is 23.6. The summed E-state index contributed by atoms with van der Waals surface area (Å²) in [4.78, 5) is 34.7. The van der Waals surface area contributed by atoms with Crippen molar-refractivity contribution in [3.05, 3.63) is 0 Å². The third-order valence-corrected chi connectivity index (χ3v) is 4.59. The number of esters is 2. The Morgan fingerprint density at radius 1 is 1.04 bits per heavy atom. The molecule has 0 amide bonds. The first-order valence-corrected chi connectivity index (χ1v) is 10.1. The van der Waals surface area contributed by atoms with Gasteiger partial charge in [-0.15, -0.1) is 0 Å². The van der Waals surface area contributed by atoms with Crippen LogP contribution in [0, 0.1) is 0 Å². The van der Waals surface area contributed by atoms with Gasteiger partial charge in [-0.1, -0.05) is 64.7 Å². The number of unbranched alkanes of at least 4 members (excludes halogenated alkanes) is 9. The average Bonchev–Trinajstić information content (AvgIpc) is 2.92. The van der Waals surface area contributed by atoms with Gasteiger partial charge in [0.15, 0.2) is 6.10 Å². The van der Waals surface area contributed by atoms with E-state index in [2.05, 4.69) is 11.7 Å². The number of carbonyl (C=O) groups is 3. The molecule has 0 saturated carbocycles. The van der Waals surface area contributed by atoms with Crippen molar-refractivity contribution in [2.75, 3.05) is 13.2 Å². The Balaban J connectivity index is 2.12. The van der Waals surface area contributed by atoms with Crippen LogP contribution in [0.25, 0.3) is 0 Å². The number of hydrogen-bond acceptors (Lipinski definition) is 7. The van der Waals surface area contributed by atoms with Crippen LogP contribution in [-0.4, -0.2) is 54.4 Å². The summed E-state index contributed by atoms with van der Waals surface area (Å²) in [5.41, 5.74) is 0. The van der Waals surface area contributed by atoms with E-state index in [0.29, 0.717) is 6.61 Å². The summed E-state index contributed by atoms with van der Waals surface area (Å²) in [6, 6.07) is 0. The Hall–Kier alpha value is -1.47. The summed E-state index contributed by atoms with van der Waals surface area (Å²) in [6.45, 7) is 3.30. The van der Waals surface area contributed by atoms with E-state index in [-0.39, 0.29) is 0 Å². The van der Waals surface area contributed by atoms with Crippen molar-refractivity contribution in [3.63, 3.8) is 0 Å². The number of hydrogen-bond donors (Lipinski definition) is 1. The van der Waals surface area contributed by atoms with Gasteiger partial charge in [0, 0.05) is 13.5 Å². The predicted octanol–water partition coefficient (Wildman–Crippen LogP) is 2.71. The molecule has 0 aliphatic carbocycles. The molecule has 1 unspecified atom stereocenters. The molecule has 1 fully saturated rings. The van der Waals surface area contributed by atoms with Crippen molar-refractivity contribution in [1.82, 2.24) is 0 Å². The van der Waals surface area contributed by atoms with Gasteiger partial charge in [0.2, 0.25) is 11.9 Å². The molecular formula is C20H34O7. The van der Waals surface area contributed by atoms with E-state index in [0.717, 1.165) is 19.3 Å². The molecule has 1 saturated heterocycles. The highest BCUT2D eigenvalue weighted by Crippen LogP contribution is 2.18. The fourth-order valence-electron chi connectivity index (χ4n) is 3.01. The van der Waals surface area contributed by atoms with Crippen LogP contribution < -0.4 is 0 Å². The lowest BCUT2D eigenvalue weighted by molar-refractivity contribution is -0.156. The molecule has 0 aromatic carbocycles. The molecule has 1 aliphatic heterocycles. The highest BCUT2D eigenvalue weighted by molar-refractivity contribution is 6.09. The summed E-state index contributed by atoms with van der Waals surface area (Å²) >= 11 is 0. The number of aliphatic hydroxyl groups excluding tert-OH is 1. The van der Waals surface area contributed by atoms with Crippen molar-refractivity contribution in [1.29, 1.82) is 0 Å². The normalized spacial score (nSPS) is 20.6. The van der Waals surface area contributed by atoms with Crippen LogP contribution in [0.4, 0.5) is 0 Å². The second kappa shape index (κ2) is 13.7. The lowest BCUT2D eigenvalue weighted by atomic mass is 10.1. The lowest BCUT2D eigenvalue weighted by Crippen LogP contribution is -2.38. The van der Waals surface area contributed by atoms with E-state index < -0.39 is 42.6 Å². The molecule has 0 aromatic rings. The number of rotatable bonds is 15. The van der Waals surface area contributed by atoms with Gasteiger partial charge in [-0.25, -0.2) is 4.79 Å². The maximum absolute atomic E-state index is 12.1. The Kier molecular flexibility index (Phi) is 11.9. The Morgan fingerprint density at radius 2 is 1.59 bits per heavy atom. The van der Waals surface area contributed by atoms with Crippen LogP contribution in [-0.2, 0) is 28.6 Å². The van der Waals surface area contributed by atoms with Crippen LogP contribution in [0.2, 0.25) is 0 Å². The summed E-state index contributed by atoms with van der Waals surface area (Å²) in [6.07, 6.45) is 7.83. The van der Waals surface area contributed by atoms with E-state index in [4.69, 9.17) is 9.47 Å².